The van der Waals surface area contributed by atoms with Crippen molar-refractivity contribution in [1.29, 1.82) is 0 Å². The molecule has 0 aromatic heterocycles. The molecule has 0 aliphatic heterocycles. The Labute approximate surface area is 130 Å². The zero-order valence-corrected chi connectivity index (χ0v) is 14.2. The first-order valence-electron chi connectivity index (χ1n) is 9.48. The predicted molar refractivity (Wildman–Crippen MR) is 85.9 cm³/mol. The molecule has 1 heteroatoms. The summed E-state index contributed by atoms with van der Waals surface area (Å²) < 4.78 is 0. The maximum Gasteiger partial charge on any atom is 0.136 e. The van der Waals surface area contributed by atoms with Crippen LogP contribution in [0.25, 0.3) is 0 Å². The van der Waals surface area contributed by atoms with Crippen molar-refractivity contribution in [2.45, 2.75) is 78.6 Å². The number of rotatable bonds is 0. The molecule has 0 heterocycles. The number of carbonyl (C=O) groups is 1. The van der Waals surface area contributed by atoms with E-state index in [1.807, 2.05) is 0 Å². The third-order valence-corrected chi connectivity index (χ3v) is 8.55. The average molecular weight is 288 g/mol. The van der Waals surface area contributed by atoms with Crippen LogP contribution >= 0.6 is 0 Å². The first-order valence-corrected chi connectivity index (χ1v) is 9.48. The zero-order valence-electron chi connectivity index (χ0n) is 14.2. The average Bonchev–Trinajstić information content (AvgIpc) is 2.76. The van der Waals surface area contributed by atoms with E-state index in [0.29, 0.717) is 40.3 Å². The Morgan fingerprint density at radius 2 is 1.76 bits per heavy atom. The third-order valence-electron chi connectivity index (χ3n) is 8.55. The molecule has 0 radical (unpaired) electrons. The molecule has 7 atom stereocenters. The molecule has 0 amide bonds. The van der Waals surface area contributed by atoms with E-state index in [-0.39, 0.29) is 0 Å². The molecule has 0 spiro atoms. The van der Waals surface area contributed by atoms with Gasteiger partial charge in [-0.25, -0.2) is 0 Å². The lowest BCUT2D eigenvalue weighted by atomic mass is 9.44. The van der Waals surface area contributed by atoms with Crippen LogP contribution < -0.4 is 0 Å². The minimum Gasteiger partial charge on any atom is -0.299 e. The molecule has 118 valence electrons. The van der Waals surface area contributed by atoms with E-state index in [2.05, 4.69) is 20.8 Å². The molecule has 21 heavy (non-hydrogen) atoms. The van der Waals surface area contributed by atoms with Gasteiger partial charge in [0.2, 0.25) is 0 Å². The van der Waals surface area contributed by atoms with Crippen molar-refractivity contribution in [2.75, 3.05) is 0 Å². The normalized spacial score (nSPS) is 56.5. The predicted octanol–water partition coefficient (Wildman–Crippen LogP) is 5.23. The molecule has 0 aromatic rings. The summed E-state index contributed by atoms with van der Waals surface area (Å²) in [6.45, 7) is 7.49. The maximum absolute atomic E-state index is 13.1. The standard InChI is InChI=1S/C20H32O/c1-13-7-10-19(2)11-8-15-17(18(13)19)16(21)12-14-6-4-5-9-20(14,15)3/h13-15,17-18H,4-12H2,1-3H3/t13?,14-,15+,17+,18+,19+,20+/m1/s1. The van der Waals surface area contributed by atoms with E-state index in [1.165, 1.54) is 51.4 Å². The SMILES string of the molecule is CC1CC[C@@]2(C)CC[C@H]3[C@@H](C(=O)C[C@H]4CCCC[C@@]43C)[C@H]12. The van der Waals surface area contributed by atoms with E-state index in [1.54, 1.807) is 0 Å². The molecule has 1 nitrogen and oxygen atoms in total. The van der Waals surface area contributed by atoms with Gasteiger partial charge in [-0.3, -0.25) is 4.79 Å². The van der Waals surface area contributed by atoms with E-state index >= 15 is 0 Å². The molecule has 0 N–H and O–H groups in total. The van der Waals surface area contributed by atoms with Gasteiger partial charge in [-0.1, -0.05) is 33.6 Å². The molecular weight excluding hydrogens is 256 g/mol. The van der Waals surface area contributed by atoms with Gasteiger partial charge in [0.05, 0.1) is 0 Å². The number of carbonyl (C=O) groups excluding carboxylic acids is 1. The molecule has 0 saturated heterocycles. The molecular formula is C20H32O. The van der Waals surface area contributed by atoms with Crippen LogP contribution in [0.5, 0.6) is 0 Å². The van der Waals surface area contributed by atoms with Crippen molar-refractivity contribution < 1.29 is 4.79 Å². The number of ketones is 1. The van der Waals surface area contributed by atoms with Crippen LogP contribution in [0, 0.1) is 40.4 Å². The lowest BCUT2D eigenvalue weighted by Gasteiger charge is -2.59. The lowest BCUT2D eigenvalue weighted by molar-refractivity contribution is -0.156. The van der Waals surface area contributed by atoms with Crippen LogP contribution in [-0.4, -0.2) is 5.78 Å². The van der Waals surface area contributed by atoms with Crippen molar-refractivity contribution in [3.8, 4) is 0 Å². The Kier molecular flexibility index (Phi) is 3.12. The van der Waals surface area contributed by atoms with Crippen molar-refractivity contribution in [1.82, 2.24) is 0 Å². The molecule has 4 aliphatic carbocycles. The van der Waals surface area contributed by atoms with E-state index in [9.17, 15) is 4.79 Å². The van der Waals surface area contributed by atoms with Gasteiger partial charge in [-0.15, -0.1) is 0 Å². The summed E-state index contributed by atoms with van der Waals surface area (Å²) in [6, 6.07) is 0. The molecule has 4 aliphatic rings. The van der Waals surface area contributed by atoms with Crippen LogP contribution in [-0.2, 0) is 4.79 Å². The lowest BCUT2D eigenvalue weighted by Crippen LogP contribution is -2.56. The highest BCUT2D eigenvalue weighted by atomic mass is 16.1. The summed E-state index contributed by atoms with van der Waals surface area (Å²) in [4.78, 5) is 13.1. The summed E-state index contributed by atoms with van der Waals surface area (Å²) in [7, 11) is 0. The van der Waals surface area contributed by atoms with Crippen LogP contribution in [0.2, 0.25) is 0 Å². The van der Waals surface area contributed by atoms with Crippen molar-refractivity contribution in [2.24, 2.45) is 40.4 Å². The summed E-state index contributed by atoms with van der Waals surface area (Å²) in [6.07, 6.45) is 11.9. The quantitative estimate of drug-likeness (QED) is 0.596. The Balaban J connectivity index is 1.73. The van der Waals surface area contributed by atoms with Gasteiger partial charge in [0, 0.05) is 12.3 Å². The largest absolute Gasteiger partial charge is 0.299 e. The van der Waals surface area contributed by atoms with Gasteiger partial charge in [-0.2, -0.15) is 0 Å². The van der Waals surface area contributed by atoms with Crippen molar-refractivity contribution >= 4 is 5.78 Å². The fourth-order valence-corrected chi connectivity index (χ4v) is 7.38. The molecule has 0 aromatic carbocycles. The summed E-state index contributed by atoms with van der Waals surface area (Å²) in [5.41, 5.74) is 0.967. The molecule has 4 saturated carbocycles. The Morgan fingerprint density at radius 3 is 2.57 bits per heavy atom. The molecule has 0 bridgehead atoms. The second kappa shape index (κ2) is 4.59. The van der Waals surface area contributed by atoms with Gasteiger partial charge >= 0.3 is 0 Å². The second-order valence-electron chi connectivity index (χ2n) is 9.49. The number of hydrogen-bond donors (Lipinski definition) is 0. The monoisotopic (exact) mass is 288 g/mol. The van der Waals surface area contributed by atoms with Gasteiger partial charge < -0.3 is 0 Å². The van der Waals surface area contributed by atoms with E-state index in [0.717, 1.165) is 12.3 Å². The first-order chi connectivity index (χ1) is 9.96. The van der Waals surface area contributed by atoms with Gasteiger partial charge in [0.1, 0.15) is 5.78 Å². The van der Waals surface area contributed by atoms with E-state index < -0.39 is 0 Å². The Morgan fingerprint density at radius 1 is 1.00 bits per heavy atom. The molecule has 1 unspecified atom stereocenters. The van der Waals surface area contributed by atoms with Crippen LogP contribution in [0.4, 0.5) is 0 Å². The highest BCUT2D eigenvalue weighted by Gasteiger charge is 2.61. The fraction of sp³-hybridized carbons (Fsp3) is 0.950. The summed E-state index contributed by atoms with van der Waals surface area (Å²) in [5, 5.41) is 0. The maximum atomic E-state index is 13.1. The minimum absolute atomic E-state index is 0.417. The van der Waals surface area contributed by atoms with Crippen LogP contribution in [0.3, 0.4) is 0 Å². The summed E-state index contributed by atoms with van der Waals surface area (Å²) in [5.74, 6) is 3.97. The number of fused-ring (bicyclic) bond motifs is 5. The van der Waals surface area contributed by atoms with Crippen molar-refractivity contribution in [3.05, 3.63) is 0 Å². The minimum atomic E-state index is 0.417. The second-order valence-corrected chi connectivity index (χ2v) is 9.49. The summed E-state index contributed by atoms with van der Waals surface area (Å²) >= 11 is 0. The zero-order chi connectivity index (χ0) is 14.8. The van der Waals surface area contributed by atoms with E-state index in [4.69, 9.17) is 0 Å². The smallest absolute Gasteiger partial charge is 0.136 e. The highest BCUT2D eigenvalue weighted by Crippen LogP contribution is 2.66. The first kappa shape index (κ1) is 14.3. The number of Topliss-reactive ketones (excluding diaryl/α,β-unsaturated/α-hetero) is 1. The topological polar surface area (TPSA) is 17.1 Å². The highest BCUT2D eigenvalue weighted by molar-refractivity contribution is 5.83. The van der Waals surface area contributed by atoms with Crippen molar-refractivity contribution in [3.63, 3.8) is 0 Å². The Bertz CT molecular complexity index is 455. The molecule has 4 fully saturated rings. The van der Waals surface area contributed by atoms with Crippen LogP contribution in [0.1, 0.15) is 78.6 Å². The van der Waals surface area contributed by atoms with Gasteiger partial charge in [0.25, 0.3) is 0 Å². The van der Waals surface area contributed by atoms with Gasteiger partial charge in [0.15, 0.2) is 0 Å². The third kappa shape index (κ3) is 1.85. The Hall–Kier alpha value is -0.330. The fourth-order valence-electron chi connectivity index (χ4n) is 7.38. The van der Waals surface area contributed by atoms with Crippen LogP contribution in [0.15, 0.2) is 0 Å². The molecule has 4 rings (SSSR count). The van der Waals surface area contributed by atoms with Gasteiger partial charge in [-0.05, 0) is 73.0 Å². The number of hydrogen-bond acceptors (Lipinski definition) is 1.